The smallest absolute Gasteiger partial charge is 0.130 e. The number of hydrogen-bond acceptors (Lipinski definition) is 1. The minimum absolute atomic E-state index is 0. The quantitative estimate of drug-likeness (QED) is 0.242. The van der Waals surface area contributed by atoms with Gasteiger partial charge in [-0.25, -0.2) is 0 Å². The largest absolute Gasteiger partial charge is 1.00 e. The molecule has 3 heteroatoms. The average Bonchev–Trinajstić information content (AvgIpc) is 3.23. The first-order valence-electron chi connectivity index (χ1n) is 9.57. The maximum absolute atomic E-state index is 5.34. The number of ether oxygens (including phenoxy) is 1. The first kappa shape index (κ1) is 22.4. The SMILES string of the molecule is CCCCCCCCCCCCCC[N+](C)(C)CC1CO1.[Br-]. The van der Waals surface area contributed by atoms with Crippen LogP contribution >= 0.6 is 0 Å². The predicted molar refractivity (Wildman–Crippen MR) is 92.7 cm³/mol. The van der Waals surface area contributed by atoms with Crippen LogP contribution in [0.15, 0.2) is 0 Å². The molecule has 0 aromatic rings. The number of epoxide rings is 1. The lowest BCUT2D eigenvalue weighted by atomic mass is 10.1. The monoisotopic (exact) mass is 377 g/mol. The minimum atomic E-state index is 0. The van der Waals surface area contributed by atoms with Gasteiger partial charge in [-0.1, -0.05) is 71.1 Å². The van der Waals surface area contributed by atoms with Gasteiger partial charge < -0.3 is 26.2 Å². The molecule has 1 aliphatic rings. The van der Waals surface area contributed by atoms with Crippen LogP contribution in [0.4, 0.5) is 0 Å². The van der Waals surface area contributed by atoms with Gasteiger partial charge in [0.25, 0.3) is 0 Å². The third kappa shape index (κ3) is 14.0. The maximum atomic E-state index is 5.34. The summed E-state index contributed by atoms with van der Waals surface area (Å²) < 4.78 is 6.48. The van der Waals surface area contributed by atoms with E-state index >= 15 is 0 Å². The van der Waals surface area contributed by atoms with Gasteiger partial charge in [0.1, 0.15) is 12.6 Å². The number of rotatable bonds is 15. The zero-order chi connectivity index (χ0) is 15.4. The van der Waals surface area contributed by atoms with Crippen molar-refractivity contribution in [1.82, 2.24) is 0 Å². The molecule has 1 rings (SSSR count). The number of nitrogens with zero attached hydrogens (tertiary/aromatic N) is 1. The topological polar surface area (TPSA) is 12.5 Å². The van der Waals surface area contributed by atoms with Crippen LogP contribution in [0, 0.1) is 0 Å². The second-order valence-electron chi connectivity index (χ2n) is 7.69. The third-order valence-corrected chi connectivity index (χ3v) is 4.72. The van der Waals surface area contributed by atoms with Crippen LogP contribution in [0.3, 0.4) is 0 Å². The van der Waals surface area contributed by atoms with E-state index in [4.69, 9.17) is 4.74 Å². The molecule has 1 aliphatic heterocycles. The summed E-state index contributed by atoms with van der Waals surface area (Å²) in [5.74, 6) is 0. The van der Waals surface area contributed by atoms with Crippen LogP contribution in [0.1, 0.15) is 84.0 Å². The molecule has 2 nitrogen and oxygen atoms in total. The summed E-state index contributed by atoms with van der Waals surface area (Å²) in [7, 11) is 4.69. The lowest BCUT2D eigenvalue weighted by molar-refractivity contribution is -0.891. The van der Waals surface area contributed by atoms with Crippen LogP contribution in [-0.4, -0.2) is 44.4 Å². The molecule has 134 valence electrons. The number of hydrogen-bond donors (Lipinski definition) is 0. The lowest BCUT2D eigenvalue weighted by Gasteiger charge is -2.29. The van der Waals surface area contributed by atoms with E-state index < -0.39 is 0 Å². The standard InChI is InChI=1S/C19H40NO.BrH/c1-4-5-6-7-8-9-10-11-12-13-14-15-16-20(2,3)17-19-18-21-19;/h19H,4-18H2,1-3H3;1H/q+1;/p-1. The summed E-state index contributed by atoms with van der Waals surface area (Å²) in [6.45, 7) is 5.81. The minimum Gasteiger partial charge on any atom is -1.00 e. The second-order valence-corrected chi connectivity index (χ2v) is 7.69. The van der Waals surface area contributed by atoms with Crippen LogP contribution in [0.5, 0.6) is 0 Å². The van der Waals surface area contributed by atoms with Gasteiger partial charge in [-0.2, -0.15) is 0 Å². The Bertz CT molecular complexity index is 242. The number of quaternary nitrogens is 1. The van der Waals surface area contributed by atoms with Crippen molar-refractivity contribution in [3.63, 3.8) is 0 Å². The van der Waals surface area contributed by atoms with Crippen LogP contribution in [-0.2, 0) is 4.74 Å². The molecule has 0 aliphatic carbocycles. The van der Waals surface area contributed by atoms with Gasteiger partial charge in [0.05, 0.1) is 27.2 Å². The summed E-state index contributed by atoms with van der Waals surface area (Å²) in [4.78, 5) is 0. The van der Waals surface area contributed by atoms with Gasteiger partial charge in [0.2, 0.25) is 0 Å². The molecule has 1 saturated heterocycles. The van der Waals surface area contributed by atoms with Crippen molar-refractivity contribution in [3.8, 4) is 0 Å². The van der Waals surface area contributed by atoms with Crippen molar-refractivity contribution in [1.29, 1.82) is 0 Å². The molecule has 1 atom stereocenters. The maximum Gasteiger partial charge on any atom is 0.130 e. The van der Waals surface area contributed by atoms with Crippen molar-refractivity contribution in [3.05, 3.63) is 0 Å². The first-order chi connectivity index (χ1) is 10.1. The Kier molecular flexibility index (Phi) is 14.1. The molecule has 0 N–H and O–H groups in total. The fourth-order valence-electron chi connectivity index (χ4n) is 3.20. The Morgan fingerprint density at radius 1 is 0.773 bits per heavy atom. The van der Waals surface area contributed by atoms with Gasteiger partial charge in [0, 0.05) is 0 Å². The van der Waals surface area contributed by atoms with Crippen molar-refractivity contribution in [2.45, 2.75) is 90.1 Å². The number of halogens is 1. The molecule has 0 aromatic heterocycles. The normalized spacial score (nSPS) is 17.3. The van der Waals surface area contributed by atoms with Gasteiger partial charge in [0.15, 0.2) is 0 Å². The Morgan fingerprint density at radius 2 is 1.18 bits per heavy atom. The number of likely N-dealkylation sites (N-methyl/N-ethyl adjacent to an activating group) is 1. The van der Waals surface area contributed by atoms with E-state index in [1.165, 1.54) is 90.1 Å². The van der Waals surface area contributed by atoms with Crippen LogP contribution in [0.25, 0.3) is 0 Å². The van der Waals surface area contributed by atoms with E-state index in [-0.39, 0.29) is 17.0 Å². The molecular weight excluding hydrogens is 338 g/mol. The van der Waals surface area contributed by atoms with Crippen molar-refractivity contribution < 1.29 is 26.2 Å². The summed E-state index contributed by atoms with van der Waals surface area (Å²) >= 11 is 0. The molecule has 0 bridgehead atoms. The molecular formula is C19H40BrNO. The zero-order valence-electron chi connectivity index (χ0n) is 15.4. The Hall–Kier alpha value is 0.400. The molecule has 0 aromatic carbocycles. The highest BCUT2D eigenvalue weighted by atomic mass is 79.9. The van der Waals surface area contributed by atoms with Crippen molar-refractivity contribution in [2.75, 3.05) is 33.8 Å². The van der Waals surface area contributed by atoms with Crippen LogP contribution in [0.2, 0.25) is 0 Å². The molecule has 1 unspecified atom stereocenters. The highest BCUT2D eigenvalue weighted by Crippen LogP contribution is 2.16. The molecule has 0 amide bonds. The Balaban J connectivity index is 0.00000441. The molecule has 0 spiro atoms. The predicted octanol–water partition coefficient (Wildman–Crippen LogP) is 2.17. The van der Waals surface area contributed by atoms with Gasteiger partial charge in [-0.15, -0.1) is 0 Å². The fourth-order valence-corrected chi connectivity index (χ4v) is 3.20. The summed E-state index contributed by atoms with van der Waals surface area (Å²) in [5.41, 5.74) is 0. The summed E-state index contributed by atoms with van der Waals surface area (Å²) in [5, 5.41) is 0. The highest BCUT2D eigenvalue weighted by molar-refractivity contribution is 4.67. The lowest BCUT2D eigenvalue weighted by Crippen LogP contribution is -3.00. The summed E-state index contributed by atoms with van der Waals surface area (Å²) in [6, 6.07) is 0. The average molecular weight is 378 g/mol. The fraction of sp³-hybridized carbons (Fsp3) is 1.00. The van der Waals surface area contributed by atoms with E-state index in [1.807, 2.05) is 0 Å². The van der Waals surface area contributed by atoms with Gasteiger partial charge in [-0.05, 0) is 12.8 Å². The Labute approximate surface area is 150 Å². The van der Waals surface area contributed by atoms with E-state index in [9.17, 15) is 0 Å². The van der Waals surface area contributed by atoms with E-state index in [1.54, 1.807) is 0 Å². The molecule has 0 radical (unpaired) electrons. The van der Waals surface area contributed by atoms with Crippen molar-refractivity contribution >= 4 is 0 Å². The molecule has 1 heterocycles. The molecule has 22 heavy (non-hydrogen) atoms. The van der Waals surface area contributed by atoms with Gasteiger partial charge >= 0.3 is 0 Å². The van der Waals surface area contributed by atoms with Gasteiger partial charge in [-0.3, -0.25) is 0 Å². The van der Waals surface area contributed by atoms with Crippen LogP contribution < -0.4 is 17.0 Å². The van der Waals surface area contributed by atoms with E-state index in [0.717, 1.165) is 11.1 Å². The Morgan fingerprint density at radius 3 is 1.59 bits per heavy atom. The summed E-state index contributed by atoms with van der Waals surface area (Å²) in [6.07, 6.45) is 17.8. The van der Waals surface area contributed by atoms with E-state index in [2.05, 4.69) is 21.0 Å². The number of unbranched alkanes of at least 4 members (excludes halogenated alkanes) is 11. The highest BCUT2D eigenvalue weighted by Gasteiger charge is 2.30. The molecule has 1 fully saturated rings. The first-order valence-corrected chi connectivity index (χ1v) is 9.57. The van der Waals surface area contributed by atoms with Crippen molar-refractivity contribution in [2.24, 2.45) is 0 Å². The second kappa shape index (κ2) is 13.8. The zero-order valence-corrected chi connectivity index (χ0v) is 17.0. The third-order valence-electron chi connectivity index (χ3n) is 4.72. The molecule has 0 saturated carbocycles. The van der Waals surface area contributed by atoms with E-state index in [0.29, 0.717) is 6.10 Å².